The molecule has 0 saturated carbocycles. The van der Waals surface area contributed by atoms with Gasteiger partial charge in [0, 0.05) is 55.5 Å². The average Bonchev–Trinajstić information content (AvgIpc) is 3.38. The number of hydrogen-bond donors (Lipinski definition) is 1. The van der Waals surface area contributed by atoms with E-state index < -0.39 is 10.0 Å². The van der Waals surface area contributed by atoms with Crippen molar-refractivity contribution in [3.8, 4) is 0 Å². The minimum Gasteiger partial charge on any atom is -0.362 e. The first-order valence-electron chi connectivity index (χ1n) is 10.8. The Morgan fingerprint density at radius 2 is 1.88 bits per heavy atom. The van der Waals surface area contributed by atoms with E-state index in [1.165, 1.54) is 11.3 Å². The minimum absolute atomic E-state index is 0.00787. The maximum atomic E-state index is 12.6. The van der Waals surface area contributed by atoms with Crippen LogP contribution >= 0.6 is 11.3 Å². The monoisotopic (exact) mass is 498 g/mol. The first kappa shape index (κ1) is 23.9. The molecule has 34 heavy (non-hydrogen) atoms. The first-order chi connectivity index (χ1) is 16.1. The number of benzene rings is 2. The molecular weight excluding hydrogens is 472 g/mol. The lowest BCUT2D eigenvalue weighted by Crippen LogP contribution is -2.31. The number of carbonyl (C=O) groups is 2. The van der Waals surface area contributed by atoms with Gasteiger partial charge in [0.05, 0.1) is 11.1 Å². The molecule has 0 spiro atoms. The Morgan fingerprint density at radius 3 is 2.53 bits per heavy atom. The van der Waals surface area contributed by atoms with Crippen molar-refractivity contribution in [2.75, 3.05) is 38.3 Å². The Kier molecular flexibility index (Phi) is 6.72. The molecule has 3 aromatic rings. The third kappa shape index (κ3) is 5.45. The van der Waals surface area contributed by atoms with Gasteiger partial charge in [-0.25, -0.2) is 8.42 Å². The molecular formula is C24H26N4O4S2. The van der Waals surface area contributed by atoms with Crippen molar-refractivity contribution in [1.82, 2.24) is 10.2 Å². The van der Waals surface area contributed by atoms with Crippen molar-refractivity contribution in [3.63, 3.8) is 0 Å². The van der Waals surface area contributed by atoms with Crippen LogP contribution in [0.3, 0.4) is 0 Å². The summed E-state index contributed by atoms with van der Waals surface area (Å²) in [6, 6.07) is 16.8. The Balaban J connectivity index is 1.40. The number of amidine groups is 1. The molecule has 10 heteroatoms. The molecule has 1 aromatic heterocycles. The van der Waals surface area contributed by atoms with Crippen LogP contribution < -0.4 is 10.2 Å². The number of nitrogens with zero attached hydrogens (tertiary/aromatic N) is 3. The third-order valence-corrected chi connectivity index (χ3v) is 7.14. The molecule has 2 aromatic carbocycles. The van der Waals surface area contributed by atoms with Gasteiger partial charge in [0.25, 0.3) is 15.9 Å². The highest BCUT2D eigenvalue weighted by atomic mass is 32.2. The second-order valence-corrected chi connectivity index (χ2v) is 11.3. The number of carbonyl (C=O) groups excluding carboxylic acids is 2. The van der Waals surface area contributed by atoms with Crippen molar-refractivity contribution in [3.05, 3.63) is 65.0 Å². The van der Waals surface area contributed by atoms with Crippen LogP contribution in [0.1, 0.15) is 21.7 Å². The van der Waals surface area contributed by atoms with Crippen LogP contribution in [0.25, 0.3) is 10.1 Å². The Bertz CT molecular complexity index is 1330. The molecule has 1 unspecified atom stereocenters. The Labute approximate surface area is 203 Å². The van der Waals surface area contributed by atoms with E-state index >= 15 is 0 Å². The fourth-order valence-corrected chi connectivity index (χ4v) is 5.49. The molecule has 2 heterocycles. The second kappa shape index (κ2) is 9.55. The summed E-state index contributed by atoms with van der Waals surface area (Å²) in [5.74, 6) is 0.197. The van der Waals surface area contributed by atoms with Crippen LogP contribution in [0.2, 0.25) is 0 Å². The summed E-state index contributed by atoms with van der Waals surface area (Å²) in [6.45, 7) is 0.919. The smallest absolute Gasteiger partial charge is 0.261 e. The molecule has 2 amide bonds. The van der Waals surface area contributed by atoms with Gasteiger partial charge in [0.1, 0.15) is 5.84 Å². The predicted molar refractivity (Wildman–Crippen MR) is 136 cm³/mol. The molecule has 1 aliphatic rings. The number of hydrogen-bond acceptors (Lipinski definition) is 5. The number of amides is 2. The van der Waals surface area contributed by atoms with E-state index in [9.17, 15) is 18.0 Å². The van der Waals surface area contributed by atoms with Crippen LogP contribution in [0.15, 0.2) is 59.0 Å². The van der Waals surface area contributed by atoms with E-state index in [0.29, 0.717) is 35.8 Å². The first-order valence-corrected chi connectivity index (χ1v) is 13.4. The molecule has 1 N–H and O–H groups in total. The van der Waals surface area contributed by atoms with Crippen molar-refractivity contribution >= 4 is 54.8 Å². The number of rotatable bonds is 6. The predicted octanol–water partition coefficient (Wildman–Crippen LogP) is 2.95. The topological polar surface area (TPSA) is 99.2 Å². The number of nitrogens with one attached hydrogen (secondary N) is 1. The highest BCUT2D eigenvalue weighted by molar-refractivity contribution is 7.89. The lowest BCUT2D eigenvalue weighted by Gasteiger charge is -2.19. The summed E-state index contributed by atoms with van der Waals surface area (Å²) in [5.41, 5.74) is 1.36. The molecule has 1 fully saturated rings. The zero-order chi connectivity index (χ0) is 24.5. The van der Waals surface area contributed by atoms with Crippen LogP contribution in [-0.4, -0.2) is 64.4 Å². The lowest BCUT2D eigenvalue weighted by molar-refractivity contribution is -0.117. The summed E-state index contributed by atoms with van der Waals surface area (Å²) >= 11 is 1.45. The molecule has 4 rings (SSSR count). The van der Waals surface area contributed by atoms with Gasteiger partial charge in [0.15, 0.2) is 0 Å². The van der Waals surface area contributed by atoms with Gasteiger partial charge in [0.2, 0.25) is 5.91 Å². The largest absolute Gasteiger partial charge is 0.362 e. The van der Waals surface area contributed by atoms with E-state index in [1.807, 2.05) is 30.3 Å². The highest BCUT2D eigenvalue weighted by Gasteiger charge is 2.31. The van der Waals surface area contributed by atoms with E-state index in [4.69, 9.17) is 0 Å². The standard InChI is InChI=1S/C24H26N4O4S2/c1-27(2)23(26-34(3,31)32)17-8-10-19(11-9-17)28-15-16(12-22(28)29)14-25-24(30)21-13-18-6-4-5-7-20(18)33-21/h4-11,13,16H,12,14-15H2,1-3H3,(H,25,30)/b26-23-. The minimum atomic E-state index is -3.55. The molecule has 0 radical (unpaired) electrons. The third-order valence-electron chi connectivity index (χ3n) is 5.52. The molecule has 1 saturated heterocycles. The lowest BCUT2D eigenvalue weighted by atomic mass is 10.1. The molecule has 1 aliphatic heterocycles. The van der Waals surface area contributed by atoms with E-state index in [2.05, 4.69) is 9.71 Å². The van der Waals surface area contributed by atoms with Gasteiger partial charge in [-0.15, -0.1) is 15.7 Å². The SMILES string of the molecule is CN(C)/C(=N\S(C)(=O)=O)c1ccc(N2CC(CNC(=O)c3cc4ccccc4s3)CC2=O)cc1. The van der Waals surface area contributed by atoms with Gasteiger partial charge < -0.3 is 15.1 Å². The Morgan fingerprint density at radius 1 is 1.18 bits per heavy atom. The summed E-state index contributed by atoms with van der Waals surface area (Å²) in [4.78, 5) is 29.2. The second-order valence-electron chi connectivity index (χ2n) is 8.52. The summed E-state index contributed by atoms with van der Waals surface area (Å²) < 4.78 is 28.1. The molecule has 1 atom stereocenters. The van der Waals surface area contributed by atoms with E-state index in [0.717, 1.165) is 22.0 Å². The van der Waals surface area contributed by atoms with Crippen LogP contribution in [0.5, 0.6) is 0 Å². The molecule has 178 valence electrons. The van der Waals surface area contributed by atoms with Crippen LogP contribution in [0.4, 0.5) is 5.69 Å². The average molecular weight is 499 g/mol. The molecule has 0 bridgehead atoms. The van der Waals surface area contributed by atoms with Crippen LogP contribution in [-0.2, 0) is 14.8 Å². The summed E-state index contributed by atoms with van der Waals surface area (Å²) in [5, 5.41) is 4.01. The van der Waals surface area contributed by atoms with Crippen molar-refractivity contribution in [2.24, 2.45) is 10.3 Å². The zero-order valence-electron chi connectivity index (χ0n) is 19.2. The molecule has 8 nitrogen and oxygen atoms in total. The fourth-order valence-electron chi connectivity index (χ4n) is 3.93. The normalized spacial score (nSPS) is 16.8. The summed E-state index contributed by atoms with van der Waals surface area (Å²) in [7, 11) is -0.108. The van der Waals surface area contributed by atoms with Gasteiger partial charge >= 0.3 is 0 Å². The van der Waals surface area contributed by atoms with E-state index in [-0.39, 0.29) is 17.7 Å². The highest BCUT2D eigenvalue weighted by Crippen LogP contribution is 2.27. The van der Waals surface area contributed by atoms with Gasteiger partial charge in [-0.1, -0.05) is 18.2 Å². The number of fused-ring (bicyclic) bond motifs is 1. The number of thiophene rings is 1. The van der Waals surface area contributed by atoms with Crippen molar-refractivity contribution in [1.29, 1.82) is 0 Å². The van der Waals surface area contributed by atoms with Gasteiger partial charge in [-0.05, 0) is 41.8 Å². The quantitative estimate of drug-likeness (QED) is 0.416. The Hall–Kier alpha value is -3.24. The maximum absolute atomic E-state index is 12.6. The van der Waals surface area contributed by atoms with E-state index in [1.54, 1.807) is 48.2 Å². The van der Waals surface area contributed by atoms with Gasteiger partial charge in [-0.3, -0.25) is 9.59 Å². The van der Waals surface area contributed by atoms with Gasteiger partial charge in [-0.2, -0.15) is 0 Å². The number of anilines is 1. The zero-order valence-corrected chi connectivity index (χ0v) is 20.8. The van der Waals surface area contributed by atoms with Crippen molar-refractivity contribution < 1.29 is 18.0 Å². The molecule has 0 aliphatic carbocycles. The maximum Gasteiger partial charge on any atom is 0.261 e. The number of sulfonamides is 1. The van der Waals surface area contributed by atoms with Crippen LogP contribution in [0, 0.1) is 5.92 Å². The summed E-state index contributed by atoms with van der Waals surface area (Å²) in [6.07, 6.45) is 1.40. The fraction of sp³-hybridized carbons (Fsp3) is 0.292. The van der Waals surface area contributed by atoms with Crippen molar-refractivity contribution in [2.45, 2.75) is 6.42 Å².